The fourth-order valence-corrected chi connectivity index (χ4v) is 2.43. The molecule has 0 spiro atoms. The van der Waals surface area contributed by atoms with Crippen LogP contribution in [0.5, 0.6) is 0 Å². The quantitative estimate of drug-likeness (QED) is 0.790. The number of nitrogens with two attached hydrogens (primary N) is 1. The Bertz CT molecular complexity index is 341. The molecule has 3 N–H and O–H groups in total. The van der Waals surface area contributed by atoms with Crippen molar-refractivity contribution in [2.75, 3.05) is 13.1 Å². The summed E-state index contributed by atoms with van der Waals surface area (Å²) in [5, 5.41) is 3.65. The molecule has 0 heterocycles. The van der Waals surface area contributed by atoms with Crippen molar-refractivity contribution in [2.45, 2.75) is 38.1 Å². The fraction of sp³-hybridized carbons (Fsp3) is 0.600. The normalized spacial score (nSPS) is 19.3. The molecule has 1 saturated carbocycles. The van der Waals surface area contributed by atoms with Gasteiger partial charge in [0.1, 0.15) is 0 Å². The van der Waals surface area contributed by atoms with E-state index in [2.05, 4.69) is 49.5 Å². The molecule has 0 radical (unpaired) electrons. The van der Waals surface area contributed by atoms with Crippen LogP contribution in [0.15, 0.2) is 30.3 Å². The van der Waals surface area contributed by atoms with Crippen molar-refractivity contribution in [1.29, 1.82) is 0 Å². The minimum atomic E-state index is 0.392. The number of benzene rings is 1. The molecule has 1 fully saturated rings. The standard InChI is InChI=1S/C15H24N2/c1-12(2)14(10-16)17-11-15(8-9-15)13-6-4-3-5-7-13/h3-7,12,14,17H,8-11,16H2,1-2H3. The highest BCUT2D eigenvalue weighted by Gasteiger charge is 2.43. The second kappa shape index (κ2) is 5.19. The van der Waals surface area contributed by atoms with Crippen LogP contribution in [0.1, 0.15) is 32.3 Å². The maximum absolute atomic E-state index is 5.80. The third kappa shape index (κ3) is 2.88. The molecule has 94 valence electrons. The molecule has 2 rings (SSSR count). The van der Waals surface area contributed by atoms with Gasteiger partial charge in [0.25, 0.3) is 0 Å². The summed E-state index contributed by atoms with van der Waals surface area (Å²) < 4.78 is 0. The first-order chi connectivity index (χ1) is 8.18. The van der Waals surface area contributed by atoms with E-state index >= 15 is 0 Å². The maximum Gasteiger partial charge on any atom is 0.0213 e. The van der Waals surface area contributed by atoms with Gasteiger partial charge in [-0.1, -0.05) is 44.2 Å². The highest BCUT2D eigenvalue weighted by Crippen LogP contribution is 2.47. The molecule has 0 amide bonds. The molecule has 0 bridgehead atoms. The Morgan fingerprint density at radius 3 is 2.35 bits per heavy atom. The van der Waals surface area contributed by atoms with Crippen LogP contribution in [0.4, 0.5) is 0 Å². The zero-order chi connectivity index (χ0) is 12.3. The van der Waals surface area contributed by atoms with Gasteiger partial charge in [-0.25, -0.2) is 0 Å². The third-order valence-electron chi connectivity index (χ3n) is 4.00. The van der Waals surface area contributed by atoms with Crippen LogP contribution < -0.4 is 11.1 Å². The van der Waals surface area contributed by atoms with E-state index in [4.69, 9.17) is 5.73 Å². The zero-order valence-electron chi connectivity index (χ0n) is 10.9. The number of hydrogen-bond donors (Lipinski definition) is 2. The summed E-state index contributed by atoms with van der Waals surface area (Å²) in [7, 11) is 0. The Balaban J connectivity index is 1.95. The first-order valence-electron chi connectivity index (χ1n) is 6.67. The van der Waals surface area contributed by atoms with Crippen molar-refractivity contribution in [3.05, 3.63) is 35.9 Å². The predicted octanol–water partition coefficient (Wildman–Crippen LogP) is 2.29. The largest absolute Gasteiger partial charge is 0.329 e. The SMILES string of the molecule is CC(C)C(CN)NCC1(c2ccccc2)CC1. The molecule has 1 aromatic carbocycles. The van der Waals surface area contributed by atoms with Crippen molar-refractivity contribution in [3.63, 3.8) is 0 Å². The lowest BCUT2D eigenvalue weighted by Gasteiger charge is -2.24. The second-order valence-electron chi connectivity index (χ2n) is 5.61. The van der Waals surface area contributed by atoms with E-state index in [1.165, 1.54) is 18.4 Å². The van der Waals surface area contributed by atoms with E-state index in [0.717, 1.165) is 13.1 Å². The summed E-state index contributed by atoms with van der Waals surface area (Å²) in [6, 6.07) is 11.3. The van der Waals surface area contributed by atoms with Gasteiger partial charge in [-0.15, -0.1) is 0 Å². The molecule has 1 aromatic rings. The van der Waals surface area contributed by atoms with Crippen molar-refractivity contribution < 1.29 is 0 Å². The summed E-state index contributed by atoms with van der Waals surface area (Å²) in [4.78, 5) is 0. The van der Waals surface area contributed by atoms with E-state index in [9.17, 15) is 0 Å². The van der Waals surface area contributed by atoms with Gasteiger partial charge in [-0.3, -0.25) is 0 Å². The Labute approximate surface area is 105 Å². The van der Waals surface area contributed by atoms with Gasteiger partial charge in [-0.05, 0) is 24.3 Å². The van der Waals surface area contributed by atoms with E-state index in [1.807, 2.05) is 0 Å². The molecule has 0 saturated heterocycles. The minimum absolute atomic E-state index is 0.392. The summed E-state index contributed by atoms with van der Waals surface area (Å²) in [6.07, 6.45) is 2.61. The molecular formula is C15H24N2. The maximum atomic E-state index is 5.80. The third-order valence-corrected chi connectivity index (χ3v) is 4.00. The first kappa shape index (κ1) is 12.6. The Morgan fingerprint density at radius 1 is 1.24 bits per heavy atom. The lowest BCUT2D eigenvalue weighted by molar-refractivity contribution is 0.388. The van der Waals surface area contributed by atoms with Crippen LogP contribution in [0.3, 0.4) is 0 Å². The van der Waals surface area contributed by atoms with Gasteiger partial charge in [0.05, 0.1) is 0 Å². The molecule has 0 aromatic heterocycles. The molecule has 0 aliphatic heterocycles. The first-order valence-corrected chi connectivity index (χ1v) is 6.67. The monoisotopic (exact) mass is 232 g/mol. The van der Waals surface area contributed by atoms with Gasteiger partial charge in [0.15, 0.2) is 0 Å². The average Bonchev–Trinajstić information content (AvgIpc) is 3.12. The van der Waals surface area contributed by atoms with E-state index in [0.29, 0.717) is 17.4 Å². The Morgan fingerprint density at radius 2 is 1.88 bits per heavy atom. The average molecular weight is 232 g/mol. The molecule has 2 heteroatoms. The van der Waals surface area contributed by atoms with E-state index < -0.39 is 0 Å². The molecule has 1 atom stereocenters. The summed E-state index contributed by atoms with van der Waals surface area (Å²) >= 11 is 0. The highest BCUT2D eigenvalue weighted by molar-refractivity contribution is 5.31. The second-order valence-corrected chi connectivity index (χ2v) is 5.61. The van der Waals surface area contributed by atoms with Crippen LogP contribution in [-0.2, 0) is 5.41 Å². The van der Waals surface area contributed by atoms with Gasteiger partial charge in [0, 0.05) is 24.5 Å². The van der Waals surface area contributed by atoms with Crippen LogP contribution in [0.2, 0.25) is 0 Å². The lowest BCUT2D eigenvalue weighted by atomic mass is 9.94. The predicted molar refractivity (Wildman–Crippen MR) is 73.0 cm³/mol. The van der Waals surface area contributed by atoms with Crippen LogP contribution >= 0.6 is 0 Å². The Kier molecular flexibility index (Phi) is 3.85. The zero-order valence-corrected chi connectivity index (χ0v) is 10.9. The van der Waals surface area contributed by atoms with Gasteiger partial charge in [0.2, 0.25) is 0 Å². The van der Waals surface area contributed by atoms with Gasteiger partial charge >= 0.3 is 0 Å². The lowest BCUT2D eigenvalue weighted by Crippen LogP contribution is -2.43. The minimum Gasteiger partial charge on any atom is -0.329 e. The molecule has 1 aliphatic rings. The van der Waals surface area contributed by atoms with Crippen LogP contribution in [0, 0.1) is 5.92 Å². The molecular weight excluding hydrogens is 208 g/mol. The van der Waals surface area contributed by atoms with Crippen molar-refractivity contribution in [2.24, 2.45) is 11.7 Å². The van der Waals surface area contributed by atoms with E-state index in [-0.39, 0.29) is 0 Å². The number of hydrogen-bond acceptors (Lipinski definition) is 2. The summed E-state index contributed by atoms with van der Waals surface area (Å²) in [5.41, 5.74) is 7.67. The van der Waals surface area contributed by atoms with Crippen LogP contribution in [-0.4, -0.2) is 19.1 Å². The molecule has 1 unspecified atom stereocenters. The highest BCUT2D eigenvalue weighted by atomic mass is 15.0. The molecule has 17 heavy (non-hydrogen) atoms. The van der Waals surface area contributed by atoms with Gasteiger partial charge in [-0.2, -0.15) is 0 Å². The topological polar surface area (TPSA) is 38.0 Å². The van der Waals surface area contributed by atoms with Gasteiger partial charge < -0.3 is 11.1 Å². The van der Waals surface area contributed by atoms with Crippen molar-refractivity contribution >= 4 is 0 Å². The fourth-order valence-electron chi connectivity index (χ4n) is 2.43. The summed E-state index contributed by atoms with van der Waals surface area (Å²) in [5.74, 6) is 0.603. The summed E-state index contributed by atoms with van der Waals surface area (Å²) in [6.45, 7) is 6.25. The number of nitrogens with one attached hydrogen (secondary N) is 1. The van der Waals surface area contributed by atoms with Crippen molar-refractivity contribution in [3.8, 4) is 0 Å². The smallest absolute Gasteiger partial charge is 0.0213 e. The molecule has 1 aliphatic carbocycles. The van der Waals surface area contributed by atoms with Crippen molar-refractivity contribution in [1.82, 2.24) is 5.32 Å². The molecule has 2 nitrogen and oxygen atoms in total. The Hall–Kier alpha value is -0.860. The van der Waals surface area contributed by atoms with Crippen LogP contribution in [0.25, 0.3) is 0 Å². The number of rotatable bonds is 6. The van der Waals surface area contributed by atoms with E-state index in [1.54, 1.807) is 0 Å².